The molecule has 1 unspecified atom stereocenters. The minimum Gasteiger partial charge on any atom is -0.311 e. The van der Waals surface area contributed by atoms with E-state index in [0.717, 1.165) is 17.5 Å². The van der Waals surface area contributed by atoms with Gasteiger partial charge in [-0.25, -0.2) is 8.42 Å². The van der Waals surface area contributed by atoms with E-state index in [2.05, 4.69) is 19.2 Å². The molecule has 2 saturated carbocycles. The van der Waals surface area contributed by atoms with Crippen molar-refractivity contribution < 1.29 is 13.2 Å². The van der Waals surface area contributed by atoms with E-state index < -0.39 is 21.5 Å². The van der Waals surface area contributed by atoms with E-state index in [1.165, 1.54) is 4.31 Å². The fraction of sp³-hybridized carbons (Fsp3) is 0.500. The first-order valence-electron chi connectivity index (χ1n) is 11.4. The zero-order chi connectivity index (χ0) is 23.1. The summed E-state index contributed by atoms with van der Waals surface area (Å²) in [7, 11) is -0.208. The molecule has 0 aromatic heterocycles. The number of Topliss-reactive ketones (excluding diaryl/α,β-unsaturated/α-hetero) is 1. The standard InChI is InChI=1S/C26H34N2O3S/c1-25(2)21-15-16-26(25,22(29)17-21)18-32(30,31)28(4)24(20-13-9-6-10-14-20)23(27-3)19-11-7-5-8-12-19/h5-14,21,23-24,27H,15-18H2,1-4H3/t21?,23-,24-,26-/m1/s1. The van der Waals surface area contributed by atoms with Gasteiger partial charge in [-0.3, -0.25) is 4.79 Å². The van der Waals surface area contributed by atoms with Crippen molar-refractivity contribution in [3.05, 3.63) is 71.8 Å². The minimum atomic E-state index is -3.73. The van der Waals surface area contributed by atoms with Crippen LogP contribution >= 0.6 is 0 Å². The van der Waals surface area contributed by atoms with E-state index in [0.29, 0.717) is 12.8 Å². The molecule has 0 heterocycles. The van der Waals surface area contributed by atoms with Crippen molar-refractivity contribution >= 4 is 15.8 Å². The van der Waals surface area contributed by atoms with Crippen molar-refractivity contribution in [1.29, 1.82) is 0 Å². The molecule has 2 aliphatic carbocycles. The van der Waals surface area contributed by atoms with Gasteiger partial charge in [0, 0.05) is 18.9 Å². The van der Waals surface area contributed by atoms with Gasteiger partial charge in [0.1, 0.15) is 5.78 Å². The van der Waals surface area contributed by atoms with Gasteiger partial charge < -0.3 is 5.32 Å². The molecule has 2 aromatic carbocycles. The van der Waals surface area contributed by atoms with Crippen LogP contribution in [0, 0.1) is 16.7 Å². The molecule has 0 spiro atoms. The molecule has 2 fully saturated rings. The molecule has 2 aliphatic rings. The molecule has 2 aromatic rings. The highest BCUT2D eigenvalue weighted by Crippen LogP contribution is 2.64. The summed E-state index contributed by atoms with van der Waals surface area (Å²) >= 11 is 0. The number of nitrogens with zero attached hydrogens (tertiary/aromatic N) is 1. The summed E-state index contributed by atoms with van der Waals surface area (Å²) in [5.41, 5.74) is 0.860. The number of ketones is 1. The number of benzene rings is 2. The molecule has 172 valence electrons. The number of nitrogens with one attached hydrogen (secondary N) is 1. The molecule has 0 aliphatic heterocycles. The van der Waals surface area contributed by atoms with Crippen LogP contribution in [-0.4, -0.2) is 38.4 Å². The monoisotopic (exact) mass is 454 g/mol. The molecule has 4 atom stereocenters. The highest BCUT2D eigenvalue weighted by molar-refractivity contribution is 7.89. The Bertz CT molecular complexity index is 1070. The topological polar surface area (TPSA) is 66.5 Å². The zero-order valence-corrected chi connectivity index (χ0v) is 20.2. The van der Waals surface area contributed by atoms with E-state index in [1.807, 2.05) is 67.7 Å². The number of hydrogen-bond acceptors (Lipinski definition) is 4. The lowest BCUT2D eigenvalue weighted by atomic mass is 9.70. The largest absolute Gasteiger partial charge is 0.311 e. The number of likely N-dealkylation sites (N-methyl/N-ethyl adjacent to an activating group) is 2. The Morgan fingerprint density at radius 1 is 1.03 bits per heavy atom. The van der Waals surface area contributed by atoms with Crippen LogP contribution in [0.3, 0.4) is 0 Å². The zero-order valence-electron chi connectivity index (χ0n) is 19.4. The fourth-order valence-corrected chi connectivity index (χ4v) is 8.22. The average molecular weight is 455 g/mol. The number of sulfonamides is 1. The smallest absolute Gasteiger partial charge is 0.215 e. The average Bonchev–Trinajstić information content (AvgIpc) is 3.12. The SMILES string of the molecule is CN[C@H](c1ccccc1)[C@@H](c1ccccc1)N(C)S(=O)(=O)C[C@]12CCC(CC1=O)C2(C)C. The van der Waals surface area contributed by atoms with Crippen LogP contribution in [0.4, 0.5) is 0 Å². The highest BCUT2D eigenvalue weighted by atomic mass is 32.2. The van der Waals surface area contributed by atoms with Crippen molar-refractivity contribution in [1.82, 2.24) is 9.62 Å². The van der Waals surface area contributed by atoms with Crippen LogP contribution in [0.25, 0.3) is 0 Å². The molecule has 5 nitrogen and oxygen atoms in total. The predicted molar refractivity (Wildman–Crippen MR) is 128 cm³/mol. The van der Waals surface area contributed by atoms with E-state index in [1.54, 1.807) is 7.05 Å². The second-order valence-electron chi connectivity index (χ2n) is 9.97. The maximum absolute atomic E-state index is 13.9. The van der Waals surface area contributed by atoms with Gasteiger partial charge in [0.05, 0.1) is 17.8 Å². The number of hydrogen-bond donors (Lipinski definition) is 1. The summed E-state index contributed by atoms with van der Waals surface area (Å²) < 4.78 is 29.3. The van der Waals surface area contributed by atoms with Gasteiger partial charge in [-0.15, -0.1) is 0 Å². The van der Waals surface area contributed by atoms with Crippen molar-refractivity contribution in [2.24, 2.45) is 16.7 Å². The molecule has 32 heavy (non-hydrogen) atoms. The van der Waals surface area contributed by atoms with Crippen LogP contribution in [0.1, 0.15) is 56.3 Å². The summed E-state index contributed by atoms with van der Waals surface area (Å²) in [6.07, 6.45) is 2.11. The number of carbonyl (C=O) groups excluding carboxylic acids is 1. The van der Waals surface area contributed by atoms with Crippen molar-refractivity contribution in [3.63, 3.8) is 0 Å². The molecular weight excluding hydrogens is 420 g/mol. The molecule has 0 amide bonds. The Morgan fingerprint density at radius 3 is 2.06 bits per heavy atom. The molecule has 0 saturated heterocycles. The van der Waals surface area contributed by atoms with Crippen molar-refractivity contribution in [2.75, 3.05) is 19.8 Å². The maximum atomic E-state index is 13.9. The number of carbonyl (C=O) groups is 1. The summed E-state index contributed by atoms with van der Waals surface area (Å²) in [6.45, 7) is 4.17. The van der Waals surface area contributed by atoms with Crippen LogP contribution < -0.4 is 5.32 Å². The molecule has 0 radical (unpaired) electrons. The van der Waals surface area contributed by atoms with Gasteiger partial charge in [0.15, 0.2) is 0 Å². The first kappa shape index (κ1) is 23.1. The summed E-state index contributed by atoms with van der Waals surface area (Å²) in [6, 6.07) is 19.0. The predicted octanol–water partition coefficient (Wildman–Crippen LogP) is 4.35. The molecule has 4 rings (SSSR count). The minimum absolute atomic E-state index is 0.118. The lowest BCUT2D eigenvalue weighted by molar-refractivity contribution is -0.128. The Kier molecular flexibility index (Phi) is 6.07. The van der Waals surface area contributed by atoms with E-state index in [4.69, 9.17) is 0 Å². The Morgan fingerprint density at radius 2 is 1.59 bits per heavy atom. The van der Waals surface area contributed by atoms with Gasteiger partial charge in [0.2, 0.25) is 10.0 Å². The Labute approximate surface area is 192 Å². The molecule has 2 bridgehead atoms. The molecule has 1 N–H and O–H groups in total. The Balaban J connectivity index is 1.74. The molecule has 6 heteroatoms. The third-order valence-corrected chi connectivity index (χ3v) is 10.3. The highest BCUT2D eigenvalue weighted by Gasteiger charge is 2.65. The lowest BCUT2D eigenvalue weighted by Gasteiger charge is -2.40. The Hall–Kier alpha value is -2.02. The second kappa shape index (κ2) is 8.40. The van der Waals surface area contributed by atoms with Crippen LogP contribution in [0.15, 0.2) is 60.7 Å². The van der Waals surface area contributed by atoms with Crippen molar-refractivity contribution in [3.8, 4) is 0 Å². The van der Waals surface area contributed by atoms with Gasteiger partial charge in [-0.2, -0.15) is 4.31 Å². The first-order valence-corrected chi connectivity index (χ1v) is 13.0. The van der Waals surface area contributed by atoms with Gasteiger partial charge in [-0.1, -0.05) is 74.5 Å². The van der Waals surface area contributed by atoms with Crippen LogP contribution in [-0.2, 0) is 14.8 Å². The fourth-order valence-electron chi connectivity index (χ4n) is 6.12. The number of fused-ring (bicyclic) bond motifs is 2. The maximum Gasteiger partial charge on any atom is 0.215 e. The van der Waals surface area contributed by atoms with Gasteiger partial charge in [-0.05, 0) is 42.3 Å². The van der Waals surface area contributed by atoms with E-state index >= 15 is 0 Å². The normalized spacial score (nSPS) is 26.4. The number of rotatable bonds is 8. The van der Waals surface area contributed by atoms with Crippen LogP contribution in [0.2, 0.25) is 0 Å². The summed E-state index contributed by atoms with van der Waals surface area (Å²) in [5, 5.41) is 3.35. The molecular formula is C26H34N2O3S. The van der Waals surface area contributed by atoms with Gasteiger partial charge >= 0.3 is 0 Å². The third kappa shape index (κ3) is 3.62. The third-order valence-electron chi connectivity index (χ3n) is 8.32. The van der Waals surface area contributed by atoms with Gasteiger partial charge in [0.25, 0.3) is 0 Å². The summed E-state index contributed by atoms with van der Waals surface area (Å²) in [4.78, 5) is 13.0. The van der Waals surface area contributed by atoms with Crippen LogP contribution in [0.5, 0.6) is 0 Å². The quantitative estimate of drug-likeness (QED) is 0.644. The van der Waals surface area contributed by atoms with E-state index in [9.17, 15) is 13.2 Å². The van der Waals surface area contributed by atoms with E-state index in [-0.39, 0.29) is 28.9 Å². The first-order chi connectivity index (χ1) is 15.1. The second-order valence-corrected chi connectivity index (χ2v) is 12.0. The summed E-state index contributed by atoms with van der Waals surface area (Å²) in [5.74, 6) is 0.294. The van der Waals surface area contributed by atoms with Crippen molar-refractivity contribution in [2.45, 2.75) is 45.2 Å². The lowest BCUT2D eigenvalue weighted by Crippen LogP contribution is -2.48.